The van der Waals surface area contributed by atoms with Crippen molar-refractivity contribution in [1.82, 2.24) is 0 Å². The van der Waals surface area contributed by atoms with E-state index in [2.05, 4.69) is 0 Å². The summed E-state index contributed by atoms with van der Waals surface area (Å²) in [6.45, 7) is 2.38. The monoisotopic (exact) mass is 400 g/mol. The van der Waals surface area contributed by atoms with Crippen LogP contribution >= 0.6 is 0 Å². The molecule has 0 amide bonds. The maximum atomic E-state index is 10.7. The maximum Gasteiger partial charge on any atom is 0.269 e. The predicted molar refractivity (Wildman–Crippen MR) is 103 cm³/mol. The van der Waals surface area contributed by atoms with E-state index in [1.807, 2.05) is 6.92 Å². The Kier molecular flexibility index (Phi) is 6.53. The normalized spacial score (nSPS) is 20.8. The first kappa shape index (κ1) is 20.4. The molecule has 0 radical (unpaired) electrons. The second-order valence-corrected chi connectivity index (χ2v) is 6.57. The van der Waals surface area contributed by atoms with Crippen LogP contribution in [0.4, 0.5) is 11.4 Å². The molecule has 2 aromatic carbocycles. The van der Waals surface area contributed by atoms with Crippen LogP contribution in [0.2, 0.25) is 0 Å². The number of nitro benzene ring substituents is 2. The quantitative estimate of drug-likeness (QED) is 0.487. The Labute approximate surface area is 166 Å². The highest BCUT2D eigenvalue weighted by Gasteiger charge is 2.31. The third-order valence-electron chi connectivity index (χ3n) is 4.53. The molecule has 0 saturated heterocycles. The van der Waals surface area contributed by atoms with Gasteiger partial charge in [-0.1, -0.05) is 0 Å². The maximum absolute atomic E-state index is 10.7. The fourth-order valence-corrected chi connectivity index (χ4v) is 2.89. The molecule has 0 fully saturated rings. The van der Waals surface area contributed by atoms with Gasteiger partial charge in [-0.25, -0.2) is 0 Å². The first-order valence-electron chi connectivity index (χ1n) is 8.96. The first-order valence-corrected chi connectivity index (χ1v) is 8.96. The standard InChI is InChI=1S/C20H20N2O7/c1-14-20(29-13-16-4-8-18(9-5-16)22(25)26)19(10-11-27-14)28-12-15-2-6-17(7-3-15)21(23)24/h2-11,14,19-20H,12-13H2,1H3/t14-,19+,20-/m0/s1. The van der Waals surface area contributed by atoms with Gasteiger partial charge in [-0.2, -0.15) is 0 Å². The smallest absolute Gasteiger partial charge is 0.269 e. The van der Waals surface area contributed by atoms with E-state index in [9.17, 15) is 20.2 Å². The summed E-state index contributed by atoms with van der Waals surface area (Å²) in [6, 6.07) is 12.3. The molecule has 1 aliphatic heterocycles. The summed E-state index contributed by atoms with van der Waals surface area (Å²) in [7, 11) is 0. The Bertz CT molecular complexity index is 881. The van der Waals surface area contributed by atoms with Crippen LogP contribution in [0.3, 0.4) is 0 Å². The van der Waals surface area contributed by atoms with Crippen LogP contribution < -0.4 is 0 Å². The lowest BCUT2D eigenvalue weighted by Gasteiger charge is -2.32. The zero-order chi connectivity index (χ0) is 20.8. The molecule has 3 rings (SSSR count). The molecule has 0 unspecified atom stereocenters. The predicted octanol–water partition coefficient (Wildman–Crippen LogP) is 3.91. The number of nitro groups is 2. The summed E-state index contributed by atoms with van der Waals surface area (Å²) in [6.07, 6.45) is 2.32. The molecule has 3 atom stereocenters. The molecule has 0 saturated carbocycles. The van der Waals surface area contributed by atoms with Crippen LogP contribution in [-0.4, -0.2) is 28.2 Å². The number of benzene rings is 2. The SMILES string of the molecule is C[C@@H]1OC=C[C@@H](OCc2ccc([N+](=O)[O-])cc2)[C@H]1OCc1ccc([N+](=O)[O-])cc1. The van der Waals surface area contributed by atoms with Crippen molar-refractivity contribution in [2.45, 2.75) is 38.4 Å². The van der Waals surface area contributed by atoms with Crippen LogP contribution in [-0.2, 0) is 27.4 Å². The summed E-state index contributed by atoms with van der Waals surface area (Å²) < 4.78 is 17.4. The lowest BCUT2D eigenvalue weighted by molar-refractivity contribution is -0.385. The van der Waals surface area contributed by atoms with Crippen molar-refractivity contribution in [1.29, 1.82) is 0 Å². The number of hydrogen-bond acceptors (Lipinski definition) is 7. The van der Waals surface area contributed by atoms with Crippen LogP contribution in [0.1, 0.15) is 18.1 Å². The van der Waals surface area contributed by atoms with Crippen LogP contribution in [0.25, 0.3) is 0 Å². The van der Waals surface area contributed by atoms with Gasteiger partial charge in [-0.05, 0) is 48.4 Å². The van der Waals surface area contributed by atoms with E-state index in [0.29, 0.717) is 0 Å². The molecule has 152 valence electrons. The molecule has 1 heterocycles. The molecule has 0 aromatic heterocycles. The minimum atomic E-state index is -0.450. The van der Waals surface area contributed by atoms with E-state index >= 15 is 0 Å². The van der Waals surface area contributed by atoms with E-state index in [1.165, 1.54) is 24.3 Å². The average Bonchev–Trinajstić information content (AvgIpc) is 2.72. The molecule has 0 aliphatic carbocycles. The Morgan fingerprint density at radius 3 is 1.83 bits per heavy atom. The van der Waals surface area contributed by atoms with Gasteiger partial charge in [0.25, 0.3) is 11.4 Å². The fraction of sp³-hybridized carbons (Fsp3) is 0.300. The lowest BCUT2D eigenvalue weighted by atomic mass is 10.1. The molecule has 0 spiro atoms. The van der Waals surface area contributed by atoms with Crippen molar-refractivity contribution in [3.8, 4) is 0 Å². The summed E-state index contributed by atoms with van der Waals surface area (Å²) >= 11 is 0. The van der Waals surface area contributed by atoms with Crippen LogP contribution in [0.5, 0.6) is 0 Å². The van der Waals surface area contributed by atoms with Crippen LogP contribution in [0.15, 0.2) is 60.9 Å². The van der Waals surface area contributed by atoms with Crippen LogP contribution in [0, 0.1) is 20.2 Å². The summed E-state index contributed by atoms with van der Waals surface area (Å²) in [5, 5.41) is 21.5. The molecule has 9 nitrogen and oxygen atoms in total. The second kappa shape index (κ2) is 9.26. The van der Waals surface area contributed by atoms with Gasteiger partial charge in [0.05, 0.1) is 29.3 Å². The highest BCUT2D eigenvalue weighted by molar-refractivity contribution is 5.33. The lowest BCUT2D eigenvalue weighted by Crippen LogP contribution is -2.42. The van der Waals surface area contributed by atoms with E-state index < -0.39 is 9.85 Å². The third-order valence-corrected chi connectivity index (χ3v) is 4.53. The van der Waals surface area contributed by atoms with Gasteiger partial charge in [0.15, 0.2) is 0 Å². The number of hydrogen-bond donors (Lipinski definition) is 0. The van der Waals surface area contributed by atoms with Gasteiger partial charge in [-0.15, -0.1) is 0 Å². The first-order chi connectivity index (χ1) is 13.9. The molecular weight excluding hydrogens is 380 g/mol. The third kappa shape index (κ3) is 5.37. The fourth-order valence-electron chi connectivity index (χ4n) is 2.89. The van der Waals surface area contributed by atoms with Gasteiger partial charge >= 0.3 is 0 Å². The van der Waals surface area contributed by atoms with Crippen molar-refractivity contribution < 1.29 is 24.1 Å². The van der Waals surface area contributed by atoms with Gasteiger partial charge < -0.3 is 14.2 Å². The van der Waals surface area contributed by atoms with Gasteiger partial charge in [0, 0.05) is 24.3 Å². The van der Waals surface area contributed by atoms with Crippen molar-refractivity contribution >= 4 is 11.4 Å². The Balaban J connectivity index is 1.59. The highest BCUT2D eigenvalue weighted by atomic mass is 16.6. The Hall–Kier alpha value is -3.30. The molecular formula is C20H20N2O7. The van der Waals surface area contributed by atoms with Crippen molar-refractivity contribution in [3.05, 3.63) is 92.2 Å². The molecule has 29 heavy (non-hydrogen) atoms. The minimum absolute atomic E-state index is 0.0235. The highest BCUT2D eigenvalue weighted by Crippen LogP contribution is 2.22. The number of rotatable bonds is 8. The Morgan fingerprint density at radius 1 is 0.862 bits per heavy atom. The topological polar surface area (TPSA) is 114 Å². The Morgan fingerprint density at radius 2 is 1.34 bits per heavy atom. The molecule has 9 heteroatoms. The van der Waals surface area contributed by atoms with Crippen molar-refractivity contribution in [2.75, 3.05) is 0 Å². The number of ether oxygens (including phenoxy) is 3. The van der Waals surface area contributed by atoms with Crippen molar-refractivity contribution in [3.63, 3.8) is 0 Å². The number of non-ortho nitro benzene ring substituents is 2. The van der Waals surface area contributed by atoms with E-state index in [-0.39, 0.29) is 42.9 Å². The molecule has 0 N–H and O–H groups in total. The molecule has 2 aromatic rings. The summed E-state index contributed by atoms with van der Waals surface area (Å²) in [5.74, 6) is 0. The zero-order valence-electron chi connectivity index (χ0n) is 15.7. The van der Waals surface area contributed by atoms with E-state index in [1.54, 1.807) is 36.6 Å². The average molecular weight is 400 g/mol. The van der Waals surface area contributed by atoms with E-state index in [4.69, 9.17) is 14.2 Å². The second-order valence-electron chi connectivity index (χ2n) is 6.57. The number of nitrogens with zero attached hydrogens (tertiary/aromatic N) is 2. The van der Waals surface area contributed by atoms with Gasteiger partial charge in [0.2, 0.25) is 0 Å². The van der Waals surface area contributed by atoms with Gasteiger partial charge in [0.1, 0.15) is 18.3 Å². The van der Waals surface area contributed by atoms with Crippen molar-refractivity contribution in [2.24, 2.45) is 0 Å². The largest absolute Gasteiger partial charge is 0.496 e. The minimum Gasteiger partial charge on any atom is -0.496 e. The molecule has 1 aliphatic rings. The zero-order valence-corrected chi connectivity index (χ0v) is 15.7. The summed E-state index contributed by atoms with van der Waals surface area (Å²) in [4.78, 5) is 20.6. The van der Waals surface area contributed by atoms with Gasteiger partial charge in [-0.3, -0.25) is 20.2 Å². The van der Waals surface area contributed by atoms with E-state index in [0.717, 1.165) is 11.1 Å². The summed E-state index contributed by atoms with van der Waals surface area (Å²) in [5.41, 5.74) is 1.65. The molecule has 0 bridgehead atoms.